The molecule has 0 saturated heterocycles. The van der Waals surface area contributed by atoms with Crippen molar-refractivity contribution in [3.05, 3.63) is 48.5 Å². The molecule has 0 bridgehead atoms. The van der Waals surface area contributed by atoms with E-state index in [1.54, 1.807) is 24.5 Å². The van der Waals surface area contributed by atoms with E-state index >= 15 is 0 Å². The lowest BCUT2D eigenvalue weighted by molar-refractivity contribution is 0.325. The van der Waals surface area contributed by atoms with Crippen molar-refractivity contribution >= 4 is 11.8 Å². The van der Waals surface area contributed by atoms with E-state index in [4.69, 9.17) is 9.15 Å². The van der Waals surface area contributed by atoms with Gasteiger partial charge in [-0.2, -0.15) is 0 Å². The molecule has 0 radical (unpaired) electrons. The molecule has 2 aromatic heterocycles. The zero-order valence-electron chi connectivity index (χ0n) is 12.6. The summed E-state index contributed by atoms with van der Waals surface area (Å²) >= 11 is 1.52. The van der Waals surface area contributed by atoms with Gasteiger partial charge in [0, 0.05) is 12.3 Å². The zero-order valence-corrected chi connectivity index (χ0v) is 13.4. The predicted molar refractivity (Wildman–Crippen MR) is 86.0 cm³/mol. The number of benzene rings is 1. The lowest BCUT2D eigenvalue weighted by Gasteiger charge is -2.07. The van der Waals surface area contributed by atoms with Crippen molar-refractivity contribution in [1.29, 1.82) is 0 Å². The van der Waals surface area contributed by atoms with Crippen molar-refractivity contribution in [3.8, 4) is 17.3 Å². The molecule has 7 heteroatoms. The monoisotopic (exact) mass is 333 g/mol. The van der Waals surface area contributed by atoms with Gasteiger partial charge in [-0.15, -0.1) is 10.2 Å². The first-order valence-electron chi connectivity index (χ1n) is 7.26. The number of thioether (sulfide) groups is 1. The smallest absolute Gasteiger partial charge is 0.200 e. The molecule has 0 saturated carbocycles. The van der Waals surface area contributed by atoms with Crippen LogP contribution < -0.4 is 4.74 Å². The number of hydrogen-bond acceptors (Lipinski definition) is 5. The first-order chi connectivity index (χ1) is 11.3. The van der Waals surface area contributed by atoms with Crippen LogP contribution in [0.25, 0.3) is 11.6 Å². The number of halogens is 1. The summed E-state index contributed by atoms with van der Waals surface area (Å²) in [6.07, 6.45) is 1.61. The molecule has 5 nitrogen and oxygen atoms in total. The number of para-hydroxylation sites is 1. The molecule has 0 aliphatic carbocycles. The zero-order chi connectivity index (χ0) is 16.1. The average molecular weight is 333 g/mol. The number of hydrogen-bond donors (Lipinski definition) is 0. The van der Waals surface area contributed by atoms with Crippen LogP contribution in [0.1, 0.15) is 6.92 Å². The number of furan rings is 1. The molecule has 0 N–H and O–H groups in total. The number of aromatic nitrogens is 3. The van der Waals surface area contributed by atoms with Crippen molar-refractivity contribution in [2.75, 3.05) is 12.4 Å². The minimum absolute atomic E-state index is 0.265. The molecular weight excluding hydrogens is 317 g/mol. The van der Waals surface area contributed by atoms with E-state index < -0.39 is 0 Å². The maximum Gasteiger partial charge on any atom is 0.200 e. The molecule has 0 spiro atoms. The number of nitrogens with zero attached hydrogens (tertiary/aromatic N) is 3. The molecule has 3 aromatic rings. The first-order valence-corrected chi connectivity index (χ1v) is 8.25. The SMILES string of the molecule is CCn1c(SCCOc2ccccc2F)nnc1-c1ccco1. The highest BCUT2D eigenvalue weighted by Gasteiger charge is 2.14. The Hall–Kier alpha value is -2.28. The summed E-state index contributed by atoms with van der Waals surface area (Å²) in [5, 5.41) is 9.16. The quantitative estimate of drug-likeness (QED) is 0.485. The van der Waals surface area contributed by atoms with Gasteiger partial charge in [-0.3, -0.25) is 4.57 Å². The van der Waals surface area contributed by atoms with Crippen LogP contribution in [0.2, 0.25) is 0 Å². The Labute approximate surface area is 137 Å². The molecule has 120 valence electrons. The first kappa shape index (κ1) is 15.6. The van der Waals surface area contributed by atoms with Gasteiger partial charge < -0.3 is 9.15 Å². The van der Waals surface area contributed by atoms with Crippen LogP contribution >= 0.6 is 11.8 Å². The van der Waals surface area contributed by atoms with E-state index in [0.717, 1.165) is 11.7 Å². The van der Waals surface area contributed by atoms with Crippen molar-refractivity contribution in [3.63, 3.8) is 0 Å². The van der Waals surface area contributed by atoms with Crippen LogP contribution in [-0.2, 0) is 6.54 Å². The van der Waals surface area contributed by atoms with Crippen LogP contribution in [0.4, 0.5) is 4.39 Å². The van der Waals surface area contributed by atoms with Crippen molar-refractivity contribution < 1.29 is 13.5 Å². The fourth-order valence-corrected chi connectivity index (χ4v) is 2.93. The maximum atomic E-state index is 13.5. The Balaban J connectivity index is 1.60. The Morgan fingerprint density at radius 3 is 2.83 bits per heavy atom. The molecular formula is C16H16FN3O2S. The molecule has 2 heterocycles. The van der Waals surface area contributed by atoms with Gasteiger partial charge in [0.1, 0.15) is 0 Å². The molecule has 0 amide bonds. The second kappa shape index (κ2) is 7.32. The summed E-state index contributed by atoms with van der Waals surface area (Å²) in [6.45, 7) is 3.15. The fourth-order valence-electron chi connectivity index (χ4n) is 2.11. The largest absolute Gasteiger partial charge is 0.490 e. The van der Waals surface area contributed by atoms with Crippen LogP contribution in [0.5, 0.6) is 5.75 Å². The van der Waals surface area contributed by atoms with Gasteiger partial charge in [-0.1, -0.05) is 23.9 Å². The highest BCUT2D eigenvalue weighted by Crippen LogP contribution is 2.24. The lowest BCUT2D eigenvalue weighted by Crippen LogP contribution is -2.04. The minimum atomic E-state index is -0.352. The van der Waals surface area contributed by atoms with E-state index in [1.165, 1.54) is 17.8 Å². The highest BCUT2D eigenvalue weighted by atomic mass is 32.2. The Morgan fingerprint density at radius 2 is 2.09 bits per heavy atom. The second-order valence-corrected chi connectivity index (χ2v) is 5.72. The second-order valence-electron chi connectivity index (χ2n) is 4.66. The van der Waals surface area contributed by atoms with Gasteiger partial charge >= 0.3 is 0 Å². The van der Waals surface area contributed by atoms with Gasteiger partial charge in [0.25, 0.3) is 0 Å². The van der Waals surface area contributed by atoms with Gasteiger partial charge in [0.05, 0.1) is 12.9 Å². The van der Waals surface area contributed by atoms with E-state index in [-0.39, 0.29) is 11.6 Å². The average Bonchev–Trinajstić information content (AvgIpc) is 3.22. The van der Waals surface area contributed by atoms with E-state index in [0.29, 0.717) is 23.9 Å². The summed E-state index contributed by atoms with van der Waals surface area (Å²) in [4.78, 5) is 0. The predicted octanol–water partition coefficient (Wildman–Crippen LogP) is 3.87. The van der Waals surface area contributed by atoms with Crippen LogP contribution in [0, 0.1) is 5.82 Å². The molecule has 0 fully saturated rings. The van der Waals surface area contributed by atoms with Gasteiger partial charge in [-0.05, 0) is 31.2 Å². The van der Waals surface area contributed by atoms with Crippen molar-refractivity contribution in [2.24, 2.45) is 0 Å². The van der Waals surface area contributed by atoms with Gasteiger partial charge in [0.15, 0.2) is 28.3 Å². The summed E-state index contributed by atoms with van der Waals surface area (Å²) in [6, 6.07) is 10.0. The maximum absolute atomic E-state index is 13.5. The minimum Gasteiger partial charge on any atom is -0.490 e. The third-order valence-corrected chi connectivity index (χ3v) is 4.11. The topological polar surface area (TPSA) is 53.1 Å². The molecule has 3 rings (SSSR count). The molecule has 0 unspecified atom stereocenters. The number of rotatable bonds is 7. The van der Waals surface area contributed by atoms with Crippen LogP contribution in [-0.4, -0.2) is 27.1 Å². The molecule has 23 heavy (non-hydrogen) atoms. The third kappa shape index (κ3) is 3.56. The fraction of sp³-hybridized carbons (Fsp3) is 0.250. The van der Waals surface area contributed by atoms with Crippen molar-refractivity contribution in [2.45, 2.75) is 18.6 Å². The van der Waals surface area contributed by atoms with Crippen molar-refractivity contribution in [1.82, 2.24) is 14.8 Å². The normalized spacial score (nSPS) is 10.9. The van der Waals surface area contributed by atoms with E-state index in [2.05, 4.69) is 10.2 Å². The molecule has 0 atom stereocenters. The van der Waals surface area contributed by atoms with Crippen LogP contribution in [0.15, 0.2) is 52.2 Å². The molecule has 0 aliphatic rings. The standard InChI is InChI=1S/C16H16FN3O2S/c1-2-20-15(14-8-5-9-21-14)18-19-16(20)23-11-10-22-13-7-4-3-6-12(13)17/h3-9H,2,10-11H2,1H3. The Kier molecular flexibility index (Phi) is 4.97. The Morgan fingerprint density at radius 1 is 1.22 bits per heavy atom. The van der Waals surface area contributed by atoms with Gasteiger partial charge in [0.2, 0.25) is 0 Å². The third-order valence-electron chi connectivity index (χ3n) is 3.18. The number of ether oxygens (including phenoxy) is 1. The summed E-state index contributed by atoms with van der Waals surface area (Å²) in [7, 11) is 0. The Bertz CT molecular complexity index is 759. The summed E-state index contributed by atoms with van der Waals surface area (Å²) in [5.41, 5.74) is 0. The molecule has 1 aromatic carbocycles. The lowest BCUT2D eigenvalue weighted by atomic mass is 10.3. The van der Waals surface area contributed by atoms with Crippen LogP contribution in [0.3, 0.4) is 0 Å². The van der Waals surface area contributed by atoms with E-state index in [1.807, 2.05) is 23.6 Å². The van der Waals surface area contributed by atoms with Gasteiger partial charge in [-0.25, -0.2) is 4.39 Å². The highest BCUT2D eigenvalue weighted by molar-refractivity contribution is 7.99. The van der Waals surface area contributed by atoms with E-state index in [9.17, 15) is 4.39 Å². The summed E-state index contributed by atoms with van der Waals surface area (Å²) in [5.74, 6) is 1.95. The summed E-state index contributed by atoms with van der Waals surface area (Å²) < 4.78 is 26.2. The molecule has 0 aliphatic heterocycles.